The van der Waals surface area contributed by atoms with Crippen molar-refractivity contribution < 1.29 is 18.8 Å². The molecule has 0 saturated heterocycles. The molecule has 0 bridgehead atoms. The first-order valence-corrected chi connectivity index (χ1v) is 14.1. The zero-order valence-electron chi connectivity index (χ0n) is 24.4. The summed E-state index contributed by atoms with van der Waals surface area (Å²) in [7, 11) is 1.60. The molecular formula is C33H28ClFN4O5. The fourth-order valence-electron chi connectivity index (χ4n) is 4.86. The van der Waals surface area contributed by atoms with Crippen molar-refractivity contribution in [1.82, 2.24) is 9.66 Å². The van der Waals surface area contributed by atoms with E-state index in [9.17, 15) is 19.3 Å². The van der Waals surface area contributed by atoms with E-state index in [2.05, 4.69) is 5.10 Å². The molecule has 11 heteroatoms. The Kier molecular flexibility index (Phi) is 8.73. The van der Waals surface area contributed by atoms with Gasteiger partial charge in [0.25, 0.3) is 5.56 Å². The first-order chi connectivity index (χ1) is 21.1. The van der Waals surface area contributed by atoms with Crippen LogP contribution in [0.3, 0.4) is 0 Å². The van der Waals surface area contributed by atoms with Crippen molar-refractivity contribution >= 4 is 34.4 Å². The number of benzene rings is 4. The molecule has 5 rings (SSSR count). The molecule has 0 aliphatic rings. The Morgan fingerprint density at radius 1 is 1.11 bits per heavy atom. The molecule has 0 spiro atoms. The molecule has 0 aliphatic heterocycles. The number of aromatic nitrogens is 2. The summed E-state index contributed by atoms with van der Waals surface area (Å²) in [4.78, 5) is 30.0. The minimum Gasteiger partial charge on any atom is -0.496 e. The summed E-state index contributed by atoms with van der Waals surface area (Å²) < 4.78 is 26.4. The molecule has 0 N–H and O–H groups in total. The lowest BCUT2D eigenvalue weighted by atomic mass is 9.96. The van der Waals surface area contributed by atoms with Gasteiger partial charge in [0, 0.05) is 22.2 Å². The summed E-state index contributed by atoms with van der Waals surface area (Å²) in [6.45, 7) is 5.80. The number of ether oxygens (including phenoxy) is 2. The number of hydrogen-bond donors (Lipinski definition) is 0. The van der Waals surface area contributed by atoms with Crippen LogP contribution in [0, 0.1) is 22.9 Å². The standard InChI is InChI=1S/C33H28ClFN4O5/c1-19(2)26-16-27(20(3)12-30(26)43-4)32-37-28-11-6-5-10-25(28)33(40)38(32)36-17-22-14-23(34)15-29(39(41)42)31(22)44-18-21-8-7-9-24(35)13-21/h5-17,19H,18H2,1-4H3. The lowest BCUT2D eigenvalue weighted by Crippen LogP contribution is -2.21. The van der Waals surface area contributed by atoms with Gasteiger partial charge in [0.1, 0.15) is 18.2 Å². The third-order valence-corrected chi connectivity index (χ3v) is 7.26. The van der Waals surface area contributed by atoms with E-state index in [1.165, 1.54) is 30.5 Å². The highest BCUT2D eigenvalue weighted by atomic mass is 35.5. The first kappa shape index (κ1) is 30.4. The topological polar surface area (TPSA) is 109 Å². The number of aryl methyl sites for hydroxylation is 1. The number of hydrogen-bond acceptors (Lipinski definition) is 7. The van der Waals surface area contributed by atoms with E-state index >= 15 is 0 Å². The summed E-state index contributed by atoms with van der Waals surface area (Å²) >= 11 is 6.25. The molecule has 44 heavy (non-hydrogen) atoms. The molecule has 0 fully saturated rings. The Labute approximate surface area is 257 Å². The van der Waals surface area contributed by atoms with Gasteiger partial charge in [0.2, 0.25) is 5.75 Å². The van der Waals surface area contributed by atoms with Crippen molar-refractivity contribution in [3.63, 3.8) is 0 Å². The van der Waals surface area contributed by atoms with E-state index in [4.69, 9.17) is 26.1 Å². The molecule has 0 radical (unpaired) electrons. The Hall–Kier alpha value is -5.09. The third-order valence-electron chi connectivity index (χ3n) is 7.04. The van der Waals surface area contributed by atoms with Crippen LogP contribution in [0.15, 0.2) is 82.7 Å². The minimum absolute atomic E-state index is 0.0630. The Morgan fingerprint density at radius 2 is 1.89 bits per heavy atom. The summed E-state index contributed by atoms with van der Waals surface area (Å²) in [5.74, 6) is 0.483. The number of halogens is 2. The summed E-state index contributed by atoms with van der Waals surface area (Å²) in [6, 6.07) is 19.0. The predicted molar refractivity (Wildman–Crippen MR) is 169 cm³/mol. The third kappa shape index (κ3) is 6.16. The van der Waals surface area contributed by atoms with E-state index in [0.29, 0.717) is 27.8 Å². The SMILES string of the molecule is COc1cc(C)c(-c2nc3ccccc3c(=O)n2N=Cc2cc(Cl)cc([N+](=O)[O-])c2OCc2cccc(F)c2)cc1C(C)C. The van der Waals surface area contributed by atoms with Gasteiger partial charge in [-0.1, -0.05) is 49.7 Å². The van der Waals surface area contributed by atoms with Gasteiger partial charge in [-0.3, -0.25) is 14.9 Å². The zero-order chi connectivity index (χ0) is 31.5. The number of nitro groups is 1. The summed E-state index contributed by atoms with van der Waals surface area (Å²) in [5, 5.41) is 16.9. The lowest BCUT2D eigenvalue weighted by molar-refractivity contribution is -0.385. The molecule has 0 unspecified atom stereocenters. The molecule has 9 nitrogen and oxygen atoms in total. The maximum atomic E-state index is 13.9. The van der Waals surface area contributed by atoms with Gasteiger partial charge in [0.15, 0.2) is 5.82 Å². The van der Waals surface area contributed by atoms with Crippen LogP contribution in [-0.2, 0) is 6.61 Å². The average molecular weight is 615 g/mol. The summed E-state index contributed by atoms with van der Waals surface area (Å²) in [5.41, 5.74) is 2.62. The first-order valence-electron chi connectivity index (χ1n) is 13.7. The second-order valence-electron chi connectivity index (χ2n) is 10.4. The van der Waals surface area contributed by atoms with Crippen molar-refractivity contribution in [2.24, 2.45) is 5.10 Å². The monoisotopic (exact) mass is 614 g/mol. The highest BCUT2D eigenvalue weighted by Crippen LogP contribution is 2.36. The average Bonchev–Trinajstić information content (AvgIpc) is 2.99. The number of fused-ring (bicyclic) bond motifs is 1. The normalized spacial score (nSPS) is 11.4. The number of para-hydroxylation sites is 1. The van der Waals surface area contributed by atoms with Gasteiger partial charge in [-0.25, -0.2) is 9.37 Å². The van der Waals surface area contributed by atoms with Crippen LogP contribution >= 0.6 is 11.6 Å². The molecule has 0 aliphatic carbocycles. The van der Waals surface area contributed by atoms with Crippen molar-refractivity contribution in [3.05, 3.63) is 126 Å². The van der Waals surface area contributed by atoms with Crippen LogP contribution < -0.4 is 15.0 Å². The van der Waals surface area contributed by atoms with Crippen LogP contribution in [0.1, 0.15) is 42.0 Å². The van der Waals surface area contributed by atoms with Crippen LogP contribution in [0.25, 0.3) is 22.3 Å². The maximum Gasteiger partial charge on any atom is 0.313 e. The Morgan fingerprint density at radius 3 is 2.59 bits per heavy atom. The molecule has 5 aromatic rings. The second-order valence-corrected chi connectivity index (χ2v) is 10.8. The Bertz CT molecular complexity index is 1990. The summed E-state index contributed by atoms with van der Waals surface area (Å²) in [6.07, 6.45) is 1.27. The molecule has 1 aromatic heterocycles. The Balaban J connectivity index is 1.70. The molecule has 0 amide bonds. The van der Waals surface area contributed by atoms with Crippen molar-refractivity contribution in [2.75, 3.05) is 7.11 Å². The fourth-order valence-corrected chi connectivity index (χ4v) is 5.08. The van der Waals surface area contributed by atoms with Crippen LogP contribution in [0.2, 0.25) is 5.02 Å². The smallest absolute Gasteiger partial charge is 0.313 e. The van der Waals surface area contributed by atoms with E-state index in [1.54, 1.807) is 37.4 Å². The highest BCUT2D eigenvalue weighted by molar-refractivity contribution is 6.31. The number of rotatable bonds is 9. The van der Waals surface area contributed by atoms with E-state index < -0.39 is 22.0 Å². The van der Waals surface area contributed by atoms with Gasteiger partial charge in [-0.2, -0.15) is 9.78 Å². The largest absolute Gasteiger partial charge is 0.496 e. The van der Waals surface area contributed by atoms with Gasteiger partial charge >= 0.3 is 5.69 Å². The molecular weight excluding hydrogens is 587 g/mol. The second kappa shape index (κ2) is 12.6. The van der Waals surface area contributed by atoms with Crippen LogP contribution in [0.5, 0.6) is 11.5 Å². The molecule has 224 valence electrons. The number of nitro benzene ring substituents is 1. The molecule has 0 atom stereocenters. The molecule has 0 saturated carbocycles. The molecule has 4 aromatic carbocycles. The molecule has 1 heterocycles. The zero-order valence-corrected chi connectivity index (χ0v) is 25.1. The van der Waals surface area contributed by atoms with Crippen molar-refractivity contribution in [1.29, 1.82) is 0 Å². The van der Waals surface area contributed by atoms with Gasteiger partial charge < -0.3 is 9.47 Å². The minimum atomic E-state index is -0.631. The maximum absolute atomic E-state index is 13.9. The highest BCUT2D eigenvalue weighted by Gasteiger charge is 2.22. The van der Waals surface area contributed by atoms with E-state index in [-0.39, 0.29) is 34.7 Å². The predicted octanol–water partition coefficient (Wildman–Crippen LogP) is 7.67. The number of methoxy groups -OCH3 is 1. The van der Waals surface area contributed by atoms with Crippen LogP contribution in [-0.4, -0.2) is 27.9 Å². The quantitative estimate of drug-likeness (QED) is 0.0957. The van der Waals surface area contributed by atoms with Crippen LogP contribution in [0.4, 0.5) is 10.1 Å². The fraction of sp³-hybridized carbons (Fsp3) is 0.182. The number of nitrogens with zero attached hydrogens (tertiary/aromatic N) is 4. The van der Waals surface area contributed by atoms with Crippen molar-refractivity contribution in [2.45, 2.75) is 33.3 Å². The van der Waals surface area contributed by atoms with Gasteiger partial charge in [-0.15, -0.1) is 0 Å². The van der Waals surface area contributed by atoms with Gasteiger partial charge in [0.05, 0.1) is 29.2 Å². The lowest BCUT2D eigenvalue weighted by Gasteiger charge is -2.17. The van der Waals surface area contributed by atoms with E-state index in [0.717, 1.165) is 21.9 Å². The van der Waals surface area contributed by atoms with Crippen molar-refractivity contribution in [3.8, 4) is 22.9 Å². The van der Waals surface area contributed by atoms with Gasteiger partial charge in [-0.05, 0) is 72.0 Å². The van der Waals surface area contributed by atoms with E-state index in [1.807, 2.05) is 32.9 Å².